The van der Waals surface area contributed by atoms with E-state index in [9.17, 15) is 9.59 Å². The van der Waals surface area contributed by atoms with Crippen LogP contribution >= 0.6 is 0 Å². The van der Waals surface area contributed by atoms with Crippen LogP contribution < -0.4 is 5.32 Å². The van der Waals surface area contributed by atoms with Crippen molar-refractivity contribution in [2.45, 2.75) is 46.6 Å². The first-order chi connectivity index (χ1) is 9.79. The minimum Gasteiger partial charge on any atom is -0.480 e. The number of carboxylic acids is 1. The summed E-state index contributed by atoms with van der Waals surface area (Å²) in [5, 5.41) is 11.6. The summed E-state index contributed by atoms with van der Waals surface area (Å²) in [5.41, 5.74) is 2.15. The van der Waals surface area contributed by atoms with Crippen LogP contribution in [0.4, 0.5) is 0 Å². The third-order valence-corrected chi connectivity index (χ3v) is 3.28. The normalized spacial score (nSPS) is 12.5. The van der Waals surface area contributed by atoms with Crippen LogP contribution in [0.25, 0.3) is 0 Å². The molecule has 0 aromatic heterocycles. The van der Waals surface area contributed by atoms with Gasteiger partial charge in [0, 0.05) is 0 Å². The van der Waals surface area contributed by atoms with Crippen LogP contribution in [0, 0.1) is 11.8 Å². The molecule has 0 aliphatic rings. The van der Waals surface area contributed by atoms with Gasteiger partial charge in [0.1, 0.15) is 6.04 Å². The zero-order valence-electron chi connectivity index (χ0n) is 13.2. The highest BCUT2D eigenvalue weighted by atomic mass is 16.4. The number of carbonyl (C=O) groups excluding carboxylic acids is 1. The van der Waals surface area contributed by atoms with Gasteiger partial charge in [-0.2, -0.15) is 0 Å². The number of carbonyl (C=O) groups is 2. The van der Waals surface area contributed by atoms with Crippen LogP contribution in [0.2, 0.25) is 0 Å². The predicted molar refractivity (Wildman–Crippen MR) is 83.1 cm³/mol. The zero-order valence-corrected chi connectivity index (χ0v) is 13.2. The number of nitrogens with one attached hydrogen (secondary N) is 1. The first-order valence-electron chi connectivity index (χ1n) is 7.39. The highest BCUT2D eigenvalue weighted by Gasteiger charge is 2.23. The molecule has 1 unspecified atom stereocenters. The maximum atomic E-state index is 11.9. The average molecular weight is 291 g/mol. The van der Waals surface area contributed by atoms with Gasteiger partial charge >= 0.3 is 5.97 Å². The van der Waals surface area contributed by atoms with Crippen molar-refractivity contribution < 1.29 is 14.7 Å². The van der Waals surface area contributed by atoms with Gasteiger partial charge in [0.2, 0.25) is 5.91 Å². The van der Waals surface area contributed by atoms with E-state index in [1.807, 2.05) is 24.3 Å². The van der Waals surface area contributed by atoms with Gasteiger partial charge in [-0.3, -0.25) is 4.79 Å². The monoisotopic (exact) mass is 291 g/mol. The lowest BCUT2D eigenvalue weighted by Gasteiger charge is -2.17. The van der Waals surface area contributed by atoms with E-state index in [1.54, 1.807) is 13.8 Å². The summed E-state index contributed by atoms with van der Waals surface area (Å²) in [4.78, 5) is 23.0. The van der Waals surface area contributed by atoms with Crippen LogP contribution in [0.1, 0.15) is 38.8 Å². The van der Waals surface area contributed by atoms with Crippen molar-refractivity contribution >= 4 is 11.9 Å². The summed E-state index contributed by atoms with van der Waals surface area (Å²) in [6, 6.07) is 7.09. The summed E-state index contributed by atoms with van der Waals surface area (Å²) < 4.78 is 0. The third-order valence-electron chi connectivity index (χ3n) is 3.28. The molecule has 0 aliphatic heterocycles. The van der Waals surface area contributed by atoms with Crippen molar-refractivity contribution in [1.82, 2.24) is 5.32 Å². The Morgan fingerprint density at radius 3 is 2.00 bits per heavy atom. The van der Waals surface area contributed by atoms with Crippen LogP contribution in [-0.4, -0.2) is 23.0 Å². The second-order valence-electron chi connectivity index (χ2n) is 6.22. The molecule has 0 spiro atoms. The van der Waals surface area contributed by atoms with Gasteiger partial charge in [-0.25, -0.2) is 4.79 Å². The smallest absolute Gasteiger partial charge is 0.326 e. The van der Waals surface area contributed by atoms with Crippen molar-refractivity contribution in [3.63, 3.8) is 0 Å². The molecule has 0 heterocycles. The Balaban J connectivity index is 2.60. The number of aliphatic carboxylic acids is 1. The van der Waals surface area contributed by atoms with Crippen molar-refractivity contribution in [3.05, 3.63) is 35.4 Å². The number of amides is 1. The van der Waals surface area contributed by atoms with Crippen LogP contribution in [0.5, 0.6) is 0 Å². The van der Waals surface area contributed by atoms with Gasteiger partial charge in [-0.05, 0) is 29.4 Å². The molecule has 1 aromatic carbocycles. The molecule has 0 radical (unpaired) electrons. The van der Waals surface area contributed by atoms with Gasteiger partial charge in [-0.1, -0.05) is 52.0 Å². The van der Waals surface area contributed by atoms with Crippen LogP contribution in [-0.2, 0) is 22.4 Å². The molecule has 4 heteroatoms. The minimum atomic E-state index is -0.995. The molecule has 1 aromatic rings. The molecule has 1 atom stereocenters. The van der Waals surface area contributed by atoms with E-state index in [4.69, 9.17) is 5.11 Å². The molecular formula is C17H25NO3. The lowest BCUT2D eigenvalue weighted by atomic mass is 10.0. The largest absolute Gasteiger partial charge is 0.480 e. The molecule has 0 saturated carbocycles. The number of carboxylic acid groups (broad SMARTS) is 1. The van der Waals surface area contributed by atoms with Crippen LogP contribution in [0.3, 0.4) is 0 Å². The van der Waals surface area contributed by atoms with Crippen molar-refractivity contribution in [2.75, 3.05) is 0 Å². The molecule has 21 heavy (non-hydrogen) atoms. The van der Waals surface area contributed by atoms with E-state index in [-0.39, 0.29) is 18.2 Å². The number of hydrogen-bond acceptors (Lipinski definition) is 2. The maximum absolute atomic E-state index is 11.9. The molecule has 2 N–H and O–H groups in total. The Kier molecular flexibility index (Phi) is 6.40. The summed E-state index contributed by atoms with van der Waals surface area (Å²) in [7, 11) is 0. The number of hydrogen-bond donors (Lipinski definition) is 2. The zero-order chi connectivity index (χ0) is 16.0. The fourth-order valence-corrected chi connectivity index (χ4v) is 2.19. The topological polar surface area (TPSA) is 66.4 Å². The second kappa shape index (κ2) is 7.81. The molecule has 116 valence electrons. The Morgan fingerprint density at radius 1 is 1.05 bits per heavy atom. The summed E-state index contributed by atoms with van der Waals surface area (Å²) >= 11 is 0. The van der Waals surface area contributed by atoms with Crippen molar-refractivity contribution in [3.8, 4) is 0 Å². The highest BCUT2D eigenvalue weighted by molar-refractivity contribution is 5.85. The molecule has 0 bridgehead atoms. The average Bonchev–Trinajstić information content (AvgIpc) is 2.37. The van der Waals surface area contributed by atoms with Gasteiger partial charge < -0.3 is 10.4 Å². The lowest BCUT2D eigenvalue weighted by Crippen LogP contribution is -2.44. The van der Waals surface area contributed by atoms with Gasteiger partial charge in [-0.15, -0.1) is 0 Å². The van der Waals surface area contributed by atoms with E-state index in [0.717, 1.165) is 12.0 Å². The van der Waals surface area contributed by atoms with Gasteiger partial charge in [0.25, 0.3) is 0 Å². The van der Waals surface area contributed by atoms with E-state index >= 15 is 0 Å². The molecule has 0 aliphatic carbocycles. The molecule has 0 fully saturated rings. The standard InChI is InChI=1S/C17H25NO3/c1-11(2)9-13-5-7-14(8-6-13)10-15(19)18-16(12(3)4)17(20)21/h5-8,11-12,16H,9-10H2,1-4H3,(H,18,19)(H,20,21). The van der Waals surface area contributed by atoms with E-state index < -0.39 is 12.0 Å². The fraction of sp³-hybridized carbons (Fsp3) is 0.529. The molecule has 0 saturated heterocycles. The van der Waals surface area contributed by atoms with E-state index in [1.165, 1.54) is 5.56 Å². The summed E-state index contributed by atoms with van der Waals surface area (Å²) in [6.07, 6.45) is 1.22. The fourth-order valence-electron chi connectivity index (χ4n) is 2.19. The Labute approximate surface area is 126 Å². The molecule has 1 rings (SSSR count). The maximum Gasteiger partial charge on any atom is 0.326 e. The number of benzene rings is 1. The van der Waals surface area contributed by atoms with E-state index in [0.29, 0.717) is 5.92 Å². The molecule has 1 amide bonds. The molecular weight excluding hydrogens is 266 g/mol. The Hall–Kier alpha value is -1.84. The second-order valence-corrected chi connectivity index (χ2v) is 6.22. The summed E-state index contributed by atoms with van der Waals surface area (Å²) in [5.74, 6) is -0.792. The first-order valence-corrected chi connectivity index (χ1v) is 7.39. The Bertz CT molecular complexity index is 477. The summed E-state index contributed by atoms with van der Waals surface area (Å²) in [6.45, 7) is 7.89. The van der Waals surface area contributed by atoms with E-state index in [2.05, 4.69) is 19.2 Å². The van der Waals surface area contributed by atoms with Crippen molar-refractivity contribution in [1.29, 1.82) is 0 Å². The van der Waals surface area contributed by atoms with Gasteiger partial charge in [0.05, 0.1) is 6.42 Å². The molecule has 4 nitrogen and oxygen atoms in total. The lowest BCUT2D eigenvalue weighted by molar-refractivity contribution is -0.143. The number of rotatable bonds is 7. The quantitative estimate of drug-likeness (QED) is 0.811. The Morgan fingerprint density at radius 2 is 1.57 bits per heavy atom. The third kappa shape index (κ3) is 5.98. The minimum absolute atomic E-state index is 0.139. The SMILES string of the molecule is CC(C)Cc1ccc(CC(=O)NC(C(=O)O)C(C)C)cc1. The highest BCUT2D eigenvalue weighted by Crippen LogP contribution is 2.10. The first kappa shape index (κ1) is 17.2. The predicted octanol–water partition coefficient (Wildman–Crippen LogP) is 2.65. The van der Waals surface area contributed by atoms with Gasteiger partial charge in [0.15, 0.2) is 0 Å². The van der Waals surface area contributed by atoms with Crippen molar-refractivity contribution in [2.24, 2.45) is 11.8 Å². The van der Waals surface area contributed by atoms with Crippen LogP contribution in [0.15, 0.2) is 24.3 Å².